The Bertz CT molecular complexity index is 202. The average Bonchev–Trinajstić information content (AvgIpc) is 2.29. The van der Waals surface area contributed by atoms with Crippen LogP contribution in [0.1, 0.15) is 39.0 Å². The van der Waals surface area contributed by atoms with Crippen LogP contribution in [0.2, 0.25) is 0 Å². The molecule has 0 aromatic rings. The van der Waals surface area contributed by atoms with Gasteiger partial charge in [0.25, 0.3) is 0 Å². The Morgan fingerprint density at radius 2 is 2.12 bits per heavy atom. The number of aliphatic carboxylic acids is 1. The van der Waals surface area contributed by atoms with Crippen molar-refractivity contribution in [1.82, 2.24) is 5.32 Å². The summed E-state index contributed by atoms with van der Waals surface area (Å²) in [5, 5.41) is 12.0. The lowest BCUT2D eigenvalue weighted by molar-refractivity contribution is -0.137. The van der Waals surface area contributed by atoms with Crippen LogP contribution in [0, 0.1) is 5.92 Å². The van der Waals surface area contributed by atoms with E-state index < -0.39 is 5.97 Å². The van der Waals surface area contributed by atoms with Crippen LogP contribution < -0.4 is 5.32 Å². The molecular weight excluding hydrogens is 206 g/mol. The number of hydrogen-bond acceptors (Lipinski definition) is 3. The van der Waals surface area contributed by atoms with Crippen LogP contribution in [0.3, 0.4) is 0 Å². The number of carbonyl (C=O) groups is 1. The van der Waals surface area contributed by atoms with Gasteiger partial charge in [-0.25, -0.2) is 0 Å². The number of carboxylic acid groups (broad SMARTS) is 1. The summed E-state index contributed by atoms with van der Waals surface area (Å²) in [6.45, 7) is 4.91. The van der Waals surface area contributed by atoms with E-state index in [0.717, 1.165) is 45.4 Å². The maximum absolute atomic E-state index is 10.3. The van der Waals surface area contributed by atoms with Crippen LogP contribution in [0.5, 0.6) is 0 Å². The van der Waals surface area contributed by atoms with Gasteiger partial charge in [0.2, 0.25) is 0 Å². The average molecular weight is 229 g/mol. The van der Waals surface area contributed by atoms with Gasteiger partial charge in [-0.15, -0.1) is 0 Å². The minimum atomic E-state index is -0.697. The summed E-state index contributed by atoms with van der Waals surface area (Å²) in [6, 6.07) is 0.522. The summed E-state index contributed by atoms with van der Waals surface area (Å²) in [4.78, 5) is 10.3. The monoisotopic (exact) mass is 229 g/mol. The first-order valence-electron chi connectivity index (χ1n) is 6.23. The lowest BCUT2D eigenvalue weighted by Crippen LogP contribution is -2.37. The van der Waals surface area contributed by atoms with E-state index in [2.05, 4.69) is 12.2 Å². The fourth-order valence-corrected chi connectivity index (χ4v) is 2.11. The van der Waals surface area contributed by atoms with Crippen molar-refractivity contribution < 1.29 is 14.6 Å². The molecule has 2 N–H and O–H groups in total. The molecule has 94 valence electrons. The lowest BCUT2D eigenvalue weighted by atomic mass is 9.93. The molecular formula is C12H23NO3. The molecule has 1 saturated heterocycles. The first-order valence-corrected chi connectivity index (χ1v) is 6.23. The van der Waals surface area contributed by atoms with Crippen LogP contribution in [0.25, 0.3) is 0 Å². The van der Waals surface area contributed by atoms with Crippen molar-refractivity contribution in [1.29, 1.82) is 0 Å². The first kappa shape index (κ1) is 13.5. The minimum absolute atomic E-state index is 0.285. The number of carboxylic acids is 1. The SMILES string of the molecule is CC(NCCCCC(=O)O)C1CCOCC1. The van der Waals surface area contributed by atoms with Crippen LogP contribution >= 0.6 is 0 Å². The van der Waals surface area contributed by atoms with Gasteiger partial charge in [-0.3, -0.25) is 4.79 Å². The molecule has 1 aliphatic rings. The third-order valence-corrected chi connectivity index (χ3v) is 3.26. The zero-order valence-corrected chi connectivity index (χ0v) is 10.1. The fourth-order valence-electron chi connectivity index (χ4n) is 2.11. The standard InChI is InChI=1S/C12H23NO3/c1-10(11-5-8-16-9-6-11)13-7-3-2-4-12(14)15/h10-11,13H,2-9H2,1H3,(H,14,15). The van der Waals surface area contributed by atoms with E-state index in [-0.39, 0.29) is 6.42 Å². The highest BCUT2D eigenvalue weighted by Gasteiger charge is 2.19. The van der Waals surface area contributed by atoms with Crippen LogP contribution in [0.4, 0.5) is 0 Å². The molecule has 16 heavy (non-hydrogen) atoms. The van der Waals surface area contributed by atoms with Gasteiger partial charge in [-0.2, -0.15) is 0 Å². The number of rotatable bonds is 7. The summed E-state index contributed by atoms with van der Waals surface area (Å²) in [7, 11) is 0. The van der Waals surface area contributed by atoms with E-state index in [0.29, 0.717) is 12.0 Å². The van der Waals surface area contributed by atoms with Gasteiger partial charge >= 0.3 is 5.97 Å². The fraction of sp³-hybridized carbons (Fsp3) is 0.917. The summed E-state index contributed by atoms with van der Waals surface area (Å²) < 4.78 is 5.33. The van der Waals surface area contributed by atoms with Crippen molar-refractivity contribution in [3.63, 3.8) is 0 Å². The maximum Gasteiger partial charge on any atom is 0.303 e. The van der Waals surface area contributed by atoms with Gasteiger partial charge in [-0.05, 0) is 45.1 Å². The maximum atomic E-state index is 10.3. The van der Waals surface area contributed by atoms with Crippen molar-refractivity contribution in [3.05, 3.63) is 0 Å². The third-order valence-electron chi connectivity index (χ3n) is 3.26. The smallest absolute Gasteiger partial charge is 0.303 e. The Labute approximate surface area is 97.4 Å². The molecule has 1 atom stereocenters. The number of unbranched alkanes of at least 4 members (excludes halogenated alkanes) is 1. The molecule has 0 amide bonds. The zero-order chi connectivity index (χ0) is 11.8. The lowest BCUT2D eigenvalue weighted by Gasteiger charge is -2.28. The molecule has 1 fully saturated rings. The van der Waals surface area contributed by atoms with Gasteiger partial charge in [-0.1, -0.05) is 0 Å². The largest absolute Gasteiger partial charge is 0.481 e. The van der Waals surface area contributed by atoms with Gasteiger partial charge in [0, 0.05) is 25.7 Å². The third kappa shape index (κ3) is 5.47. The van der Waals surface area contributed by atoms with Gasteiger partial charge < -0.3 is 15.2 Å². The highest BCUT2D eigenvalue weighted by atomic mass is 16.5. The molecule has 1 aliphatic heterocycles. The Hall–Kier alpha value is -0.610. The van der Waals surface area contributed by atoms with E-state index in [1.165, 1.54) is 0 Å². The topological polar surface area (TPSA) is 58.6 Å². The predicted molar refractivity (Wildman–Crippen MR) is 62.5 cm³/mol. The zero-order valence-electron chi connectivity index (χ0n) is 10.1. The molecule has 0 spiro atoms. The molecule has 4 nitrogen and oxygen atoms in total. The quantitative estimate of drug-likeness (QED) is 0.652. The summed E-state index contributed by atoms with van der Waals surface area (Å²) in [5.41, 5.74) is 0. The molecule has 0 aromatic carbocycles. The van der Waals surface area contributed by atoms with E-state index >= 15 is 0 Å². The van der Waals surface area contributed by atoms with Crippen LogP contribution in [-0.2, 0) is 9.53 Å². The number of nitrogens with one attached hydrogen (secondary N) is 1. The van der Waals surface area contributed by atoms with Crippen molar-refractivity contribution in [2.75, 3.05) is 19.8 Å². The Morgan fingerprint density at radius 3 is 2.75 bits per heavy atom. The summed E-state index contributed by atoms with van der Waals surface area (Å²) >= 11 is 0. The van der Waals surface area contributed by atoms with Gasteiger partial charge in [0.05, 0.1) is 0 Å². The Balaban J connectivity index is 2.00. The molecule has 4 heteroatoms. The molecule has 0 bridgehead atoms. The van der Waals surface area contributed by atoms with Gasteiger partial charge in [0.1, 0.15) is 0 Å². The number of hydrogen-bond donors (Lipinski definition) is 2. The van der Waals surface area contributed by atoms with Crippen molar-refractivity contribution in [2.45, 2.75) is 45.1 Å². The van der Waals surface area contributed by atoms with E-state index in [1.807, 2.05) is 0 Å². The first-order chi connectivity index (χ1) is 7.70. The second-order valence-electron chi connectivity index (χ2n) is 4.54. The van der Waals surface area contributed by atoms with E-state index in [9.17, 15) is 4.79 Å². The van der Waals surface area contributed by atoms with E-state index in [4.69, 9.17) is 9.84 Å². The molecule has 0 aliphatic carbocycles. The second-order valence-corrected chi connectivity index (χ2v) is 4.54. The highest BCUT2D eigenvalue weighted by molar-refractivity contribution is 5.66. The molecule has 1 unspecified atom stereocenters. The normalized spacial score (nSPS) is 19.6. The summed E-state index contributed by atoms with van der Waals surface area (Å²) in [5.74, 6) is 0.0192. The molecule has 0 radical (unpaired) electrons. The van der Waals surface area contributed by atoms with E-state index in [1.54, 1.807) is 0 Å². The van der Waals surface area contributed by atoms with Crippen LogP contribution in [-0.4, -0.2) is 36.9 Å². The predicted octanol–water partition coefficient (Wildman–Crippen LogP) is 1.65. The Kier molecular flexibility index (Phi) is 6.42. The minimum Gasteiger partial charge on any atom is -0.481 e. The molecule has 1 rings (SSSR count). The Morgan fingerprint density at radius 1 is 1.44 bits per heavy atom. The van der Waals surface area contributed by atoms with Crippen molar-refractivity contribution in [2.24, 2.45) is 5.92 Å². The molecule has 1 heterocycles. The number of ether oxygens (including phenoxy) is 1. The van der Waals surface area contributed by atoms with Crippen molar-refractivity contribution in [3.8, 4) is 0 Å². The second kappa shape index (κ2) is 7.63. The van der Waals surface area contributed by atoms with Gasteiger partial charge in [0.15, 0.2) is 0 Å². The van der Waals surface area contributed by atoms with Crippen molar-refractivity contribution >= 4 is 5.97 Å². The molecule has 0 aromatic heterocycles. The van der Waals surface area contributed by atoms with Crippen LogP contribution in [0.15, 0.2) is 0 Å². The molecule has 0 saturated carbocycles. The summed E-state index contributed by atoms with van der Waals surface area (Å²) in [6.07, 6.45) is 4.28. The highest BCUT2D eigenvalue weighted by Crippen LogP contribution is 2.18.